The highest BCUT2D eigenvalue weighted by Crippen LogP contribution is 2.13. The van der Waals surface area contributed by atoms with E-state index in [4.69, 9.17) is 10.5 Å². The van der Waals surface area contributed by atoms with Crippen LogP contribution < -0.4 is 5.73 Å². The van der Waals surface area contributed by atoms with Crippen LogP contribution in [-0.4, -0.2) is 25.1 Å². The van der Waals surface area contributed by atoms with Crippen LogP contribution in [0.15, 0.2) is 35.3 Å². The van der Waals surface area contributed by atoms with Crippen molar-refractivity contribution in [3.63, 3.8) is 0 Å². The first-order chi connectivity index (χ1) is 7.88. The molecule has 0 fully saturated rings. The lowest BCUT2D eigenvalue weighted by molar-refractivity contribution is 0.207. The lowest BCUT2D eigenvalue weighted by Gasteiger charge is -2.10. The van der Waals surface area contributed by atoms with Crippen LogP contribution in [0.3, 0.4) is 0 Å². The minimum atomic E-state index is 0.252. The van der Waals surface area contributed by atoms with E-state index in [9.17, 15) is 0 Å². The zero-order valence-corrected chi connectivity index (χ0v) is 9.43. The average Bonchev–Trinajstić information content (AvgIpc) is 2.75. The molecule has 0 amide bonds. The van der Waals surface area contributed by atoms with Gasteiger partial charge >= 0.3 is 0 Å². The monoisotopic (exact) mass is 218 g/mol. The number of nitrogens with zero attached hydrogens (tertiary/aromatic N) is 1. The molecule has 2 rings (SSSR count). The highest BCUT2D eigenvalue weighted by Gasteiger charge is 2.18. The molecule has 1 aliphatic rings. The highest BCUT2D eigenvalue weighted by atomic mass is 16.5. The molecular formula is C13H18N2O. The first-order valence-electron chi connectivity index (χ1n) is 5.82. The van der Waals surface area contributed by atoms with Gasteiger partial charge in [-0.3, -0.25) is 4.99 Å². The number of aliphatic imine (C=N–C) groups is 1. The molecular weight excluding hydrogens is 200 g/mol. The molecule has 0 saturated heterocycles. The van der Waals surface area contributed by atoms with Crippen LogP contribution in [0.2, 0.25) is 0 Å². The SMILES string of the molecule is NCCCC1CN=C(Cc2ccccc2)O1. The first-order valence-corrected chi connectivity index (χ1v) is 5.82. The Morgan fingerprint density at radius 2 is 2.12 bits per heavy atom. The minimum Gasteiger partial charge on any atom is -0.475 e. The van der Waals surface area contributed by atoms with E-state index in [1.54, 1.807) is 0 Å². The Hall–Kier alpha value is -1.35. The van der Waals surface area contributed by atoms with E-state index in [-0.39, 0.29) is 6.10 Å². The van der Waals surface area contributed by atoms with E-state index in [0.29, 0.717) is 0 Å². The zero-order valence-electron chi connectivity index (χ0n) is 9.43. The van der Waals surface area contributed by atoms with Gasteiger partial charge in [-0.1, -0.05) is 30.3 Å². The van der Waals surface area contributed by atoms with Crippen LogP contribution in [-0.2, 0) is 11.2 Å². The van der Waals surface area contributed by atoms with Crippen molar-refractivity contribution in [2.75, 3.05) is 13.1 Å². The summed E-state index contributed by atoms with van der Waals surface area (Å²) >= 11 is 0. The molecule has 86 valence electrons. The van der Waals surface area contributed by atoms with Crippen molar-refractivity contribution in [3.8, 4) is 0 Å². The lowest BCUT2D eigenvalue weighted by Crippen LogP contribution is -2.15. The van der Waals surface area contributed by atoms with Crippen molar-refractivity contribution in [1.29, 1.82) is 0 Å². The summed E-state index contributed by atoms with van der Waals surface area (Å²) in [4.78, 5) is 4.42. The van der Waals surface area contributed by atoms with Gasteiger partial charge < -0.3 is 10.5 Å². The number of nitrogens with two attached hydrogens (primary N) is 1. The van der Waals surface area contributed by atoms with Gasteiger partial charge in [0.1, 0.15) is 6.10 Å². The molecule has 0 bridgehead atoms. The van der Waals surface area contributed by atoms with Gasteiger partial charge in [0.05, 0.1) is 6.54 Å². The van der Waals surface area contributed by atoms with Crippen LogP contribution in [0.25, 0.3) is 0 Å². The van der Waals surface area contributed by atoms with Crippen molar-refractivity contribution >= 4 is 5.90 Å². The Morgan fingerprint density at radius 1 is 1.31 bits per heavy atom. The highest BCUT2D eigenvalue weighted by molar-refractivity contribution is 5.80. The maximum atomic E-state index is 5.76. The lowest BCUT2D eigenvalue weighted by atomic mass is 10.1. The van der Waals surface area contributed by atoms with Crippen LogP contribution in [0, 0.1) is 0 Å². The Morgan fingerprint density at radius 3 is 2.88 bits per heavy atom. The van der Waals surface area contributed by atoms with E-state index >= 15 is 0 Å². The molecule has 1 aliphatic heterocycles. The Kier molecular flexibility index (Phi) is 3.94. The molecule has 1 aromatic carbocycles. The quantitative estimate of drug-likeness (QED) is 0.818. The van der Waals surface area contributed by atoms with E-state index < -0.39 is 0 Å². The molecule has 3 heteroatoms. The van der Waals surface area contributed by atoms with Gasteiger partial charge in [-0.25, -0.2) is 0 Å². The summed E-state index contributed by atoms with van der Waals surface area (Å²) in [7, 11) is 0. The molecule has 1 aromatic rings. The van der Waals surface area contributed by atoms with E-state index in [1.807, 2.05) is 18.2 Å². The number of hydrogen-bond acceptors (Lipinski definition) is 3. The second-order valence-corrected chi connectivity index (χ2v) is 4.07. The Balaban J connectivity index is 1.81. The summed E-state index contributed by atoms with van der Waals surface area (Å²) in [6, 6.07) is 10.3. The third-order valence-corrected chi connectivity index (χ3v) is 2.70. The fraction of sp³-hybridized carbons (Fsp3) is 0.462. The smallest absolute Gasteiger partial charge is 0.188 e. The standard InChI is InChI=1S/C13H18N2O/c14-8-4-7-12-10-15-13(16-12)9-11-5-2-1-3-6-11/h1-3,5-6,12H,4,7-10,14H2. The van der Waals surface area contributed by atoms with Crippen molar-refractivity contribution < 1.29 is 4.74 Å². The normalized spacial score (nSPS) is 19.3. The molecule has 0 aliphatic carbocycles. The van der Waals surface area contributed by atoms with Gasteiger partial charge in [-0.15, -0.1) is 0 Å². The molecule has 1 heterocycles. The van der Waals surface area contributed by atoms with Crippen LogP contribution in [0.4, 0.5) is 0 Å². The van der Waals surface area contributed by atoms with Crippen molar-refractivity contribution in [2.45, 2.75) is 25.4 Å². The summed E-state index contributed by atoms with van der Waals surface area (Å²) in [6.07, 6.45) is 3.08. The summed E-state index contributed by atoms with van der Waals surface area (Å²) in [5.41, 5.74) is 6.72. The second kappa shape index (κ2) is 5.66. The fourth-order valence-corrected chi connectivity index (χ4v) is 1.83. The Labute approximate surface area is 96.3 Å². The predicted octanol–water partition coefficient (Wildman–Crippen LogP) is 1.77. The summed E-state index contributed by atoms with van der Waals surface area (Å²) < 4.78 is 5.76. The van der Waals surface area contributed by atoms with Gasteiger partial charge in [0, 0.05) is 6.42 Å². The summed E-state index contributed by atoms with van der Waals surface area (Å²) in [5.74, 6) is 0.869. The van der Waals surface area contributed by atoms with Gasteiger partial charge in [-0.05, 0) is 24.9 Å². The third-order valence-electron chi connectivity index (χ3n) is 2.70. The minimum absolute atomic E-state index is 0.252. The summed E-state index contributed by atoms with van der Waals surface area (Å²) in [6.45, 7) is 1.52. The maximum absolute atomic E-state index is 5.76. The van der Waals surface area contributed by atoms with Gasteiger partial charge in [0.2, 0.25) is 0 Å². The number of hydrogen-bond donors (Lipinski definition) is 1. The summed E-state index contributed by atoms with van der Waals surface area (Å²) in [5, 5.41) is 0. The predicted molar refractivity (Wildman–Crippen MR) is 65.6 cm³/mol. The topological polar surface area (TPSA) is 47.6 Å². The average molecular weight is 218 g/mol. The van der Waals surface area contributed by atoms with E-state index in [0.717, 1.165) is 38.2 Å². The number of ether oxygens (including phenoxy) is 1. The molecule has 1 unspecified atom stereocenters. The largest absolute Gasteiger partial charge is 0.475 e. The second-order valence-electron chi connectivity index (χ2n) is 4.07. The van der Waals surface area contributed by atoms with Crippen molar-refractivity contribution in [2.24, 2.45) is 10.7 Å². The van der Waals surface area contributed by atoms with Crippen molar-refractivity contribution in [1.82, 2.24) is 0 Å². The molecule has 0 spiro atoms. The number of rotatable bonds is 5. The molecule has 3 nitrogen and oxygen atoms in total. The van der Waals surface area contributed by atoms with Gasteiger partial charge in [-0.2, -0.15) is 0 Å². The van der Waals surface area contributed by atoms with Crippen molar-refractivity contribution in [3.05, 3.63) is 35.9 Å². The molecule has 2 N–H and O–H groups in total. The van der Waals surface area contributed by atoms with E-state index in [1.165, 1.54) is 5.56 Å². The van der Waals surface area contributed by atoms with Crippen LogP contribution in [0.1, 0.15) is 18.4 Å². The van der Waals surface area contributed by atoms with Gasteiger partial charge in [0.15, 0.2) is 5.90 Å². The van der Waals surface area contributed by atoms with E-state index in [2.05, 4.69) is 17.1 Å². The number of benzene rings is 1. The van der Waals surface area contributed by atoms with Crippen LogP contribution >= 0.6 is 0 Å². The first kappa shape index (κ1) is 11.1. The Bertz CT molecular complexity index is 348. The molecule has 16 heavy (non-hydrogen) atoms. The fourth-order valence-electron chi connectivity index (χ4n) is 1.83. The zero-order chi connectivity index (χ0) is 11.2. The molecule has 1 atom stereocenters. The molecule has 0 saturated carbocycles. The molecule has 0 aromatic heterocycles. The van der Waals surface area contributed by atoms with Gasteiger partial charge in [0.25, 0.3) is 0 Å². The third kappa shape index (κ3) is 3.07. The molecule has 0 radical (unpaired) electrons. The van der Waals surface area contributed by atoms with Crippen LogP contribution in [0.5, 0.6) is 0 Å². The maximum Gasteiger partial charge on any atom is 0.188 e.